The third-order valence-corrected chi connectivity index (χ3v) is 2.09. The first-order chi connectivity index (χ1) is 5.88. The Morgan fingerprint density at radius 1 is 1.25 bits per heavy atom. The van der Waals surface area contributed by atoms with E-state index in [1.165, 1.54) is 5.56 Å². The Morgan fingerprint density at radius 3 is 2.58 bits per heavy atom. The van der Waals surface area contributed by atoms with Crippen molar-refractivity contribution < 1.29 is 0 Å². The van der Waals surface area contributed by atoms with Crippen molar-refractivity contribution in [3.63, 3.8) is 0 Å². The van der Waals surface area contributed by atoms with Gasteiger partial charge in [-0.05, 0) is 5.56 Å². The highest BCUT2D eigenvalue weighted by Crippen LogP contribution is 2.19. The highest BCUT2D eigenvalue weighted by molar-refractivity contribution is 5.20. The second-order valence-electron chi connectivity index (χ2n) is 2.96. The Bertz CT molecular complexity index is 279. The van der Waals surface area contributed by atoms with E-state index in [0.717, 1.165) is 0 Å². The molecule has 0 aromatic heterocycles. The van der Waals surface area contributed by atoms with Gasteiger partial charge < -0.3 is 10.2 Å². The molecular formula is C10H12N2. The highest BCUT2D eigenvalue weighted by atomic mass is 15.3. The normalized spacial score (nSPS) is 21.1. The Balaban J connectivity index is 2.22. The van der Waals surface area contributed by atoms with E-state index in [2.05, 4.69) is 41.5 Å². The first-order valence-corrected chi connectivity index (χ1v) is 4.07. The van der Waals surface area contributed by atoms with E-state index in [9.17, 15) is 0 Å². The summed E-state index contributed by atoms with van der Waals surface area (Å²) in [4.78, 5) is 2.15. The lowest BCUT2D eigenvalue weighted by Gasteiger charge is -2.21. The molecule has 1 heterocycles. The van der Waals surface area contributed by atoms with Crippen LogP contribution in [-0.2, 0) is 0 Å². The van der Waals surface area contributed by atoms with Gasteiger partial charge in [0.1, 0.15) is 6.17 Å². The smallest absolute Gasteiger partial charge is 0.124 e. The molecule has 0 radical (unpaired) electrons. The molecule has 1 aliphatic heterocycles. The lowest BCUT2D eigenvalue weighted by Crippen LogP contribution is -2.23. The van der Waals surface area contributed by atoms with Crippen LogP contribution in [0.1, 0.15) is 11.7 Å². The minimum Gasteiger partial charge on any atom is -0.366 e. The Kier molecular flexibility index (Phi) is 1.74. The second-order valence-corrected chi connectivity index (χ2v) is 2.96. The molecule has 0 saturated heterocycles. The number of hydrogen-bond donors (Lipinski definition) is 1. The summed E-state index contributed by atoms with van der Waals surface area (Å²) in [5, 5.41) is 3.27. The first kappa shape index (κ1) is 7.22. The second kappa shape index (κ2) is 2.89. The van der Waals surface area contributed by atoms with Crippen LogP contribution >= 0.6 is 0 Å². The zero-order chi connectivity index (χ0) is 8.39. The first-order valence-electron chi connectivity index (χ1n) is 4.07. The Hall–Kier alpha value is -1.44. The zero-order valence-corrected chi connectivity index (χ0v) is 7.07. The van der Waals surface area contributed by atoms with Crippen molar-refractivity contribution in [3.05, 3.63) is 48.3 Å². The third kappa shape index (κ3) is 1.16. The van der Waals surface area contributed by atoms with Crippen LogP contribution in [0.15, 0.2) is 42.7 Å². The van der Waals surface area contributed by atoms with Crippen molar-refractivity contribution in [2.45, 2.75) is 6.17 Å². The van der Waals surface area contributed by atoms with Crippen molar-refractivity contribution >= 4 is 0 Å². The van der Waals surface area contributed by atoms with E-state index < -0.39 is 0 Å². The average molecular weight is 160 g/mol. The van der Waals surface area contributed by atoms with Gasteiger partial charge in [0, 0.05) is 19.4 Å². The molecule has 2 heteroatoms. The van der Waals surface area contributed by atoms with Gasteiger partial charge in [0.2, 0.25) is 0 Å². The van der Waals surface area contributed by atoms with Gasteiger partial charge >= 0.3 is 0 Å². The quantitative estimate of drug-likeness (QED) is 0.672. The largest absolute Gasteiger partial charge is 0.366 e. The summed E-state index contributed by atoms with van der Waals surface area (Å²) in [7, 11) is 2.06. The van der Waals surface area contributed by atoms with Gasteiger partial charge in [-0.25, -0.2) is 0 Å². The average Bonchev–Trinajstić information content (AvgIpc) is 2.53. The molecule has 0 amide bonds. The predicted octanol–water partition coefficient (Wildman–Crippen LogP) is 1.69. The molecule has 0 bridgehead atoms. The topological polar surface area (TPSA) is 15.3 Å². The van der Waals surface area contributed by atoms with E-state index in [1.807, 2.05) is 18.5 Å². The molecule has 1 unspecified atom stereocenters. The number of nitrogens with one attached hydrogen (secondary N) is 1. The molecule has 1 aromatic rings. The molecule has 0 fully saturated rings. The molecule has 1 N–H and O–H groups in total. The summed E-state index contributed by atoms with van der Waals surface area (Å²) in [6, 6.07) is 10.4. The van der Waals surface area contributed by atoms with Crippen LogP contribution in [0, 0.1) is 0 Å². The number of nitrogens with zero attached hydrogens (tertiary/aromatic N) is 1. The molecule has 1 aromatic carbocycles. The lowest BCUT2D eigenvalue weighted by atomic mass is 10.2. The molecular weight excluding hydrogens is 148 g/mol. The molecule has 12 heavy (non-hydrogen) atoms. The van der Waals surface area contributed by atoms with Crippen LogP contribution in [0.5, 0.6) is 0 Å². The van der Waals surface area contributed by atoms with Gasteiger partial charge in [-0.3, -0.25) is 0 Å². The van der Waals surface area contributed by atoms with Crippen molar-refractivity contribution in [3.8, 4) is 0 Å². The molecule has 1 aliphatic rings. The van der Waals surface area contributed by atoms with Crippen molar-refractivity contribution in [1.82, 2.24) is 10.2 Å². The van der Waals surface area contributed by atoms with Gasteiger partial charge in [-0.1, -0.05) is 30.3 Å². The number of rotatable bonds is 1. The minimum atomic E-state index is 0.311. The molecule has 0 saturated carbocycles. The van der Waals surface area contributed by atoms with Gasteiger partial charge in [0.25, 0.3) is 0 Å². The fraction of sp³-hybridized carbons (Fsp3) is 0.200. The van der Waals surface area contributed by atoms with Crippen molar-refractivity contribution in [1.29, 1.82) is 0 Å². The molecule has 2 nitrogen and oxygen atoms in total. The summed E-state index contributed by atoms with van der Waals surface area (Å²) < 4.78 is 0. The van der Waals surface area contributed by atoms with Crippen LogP contribution in [0.4, 0.5) is 0 Å². The number of benzene rings is 1. The van der Waals surface area contributed by atoms with Crippen LogP contribution in [-0.4, -0.2) is 11.9 Å². The summed E-state index contributed by atoms with van der Waals surface area (Å²) in [5.41, 5.74) is 1.30. The molecule has 62 valence electrons. The van der Waals surface area contributed by atoms with Crippen molar-refractivity contribution in [2.75, 3.05) is 7.05 Å². The van der Waals surface area contributed by atoms with E-state index >= 15 is 0 Å². The molecule has 0 spiro atoms. The van der Waals surface area contributed by atoms with Crippen LogP contribution in [0.25, 0.3) is 0 Å². The standard InChI is InChI=1S/C10H12N2/c1-12-8-7-11-10(12)9-5-3-2-4-6-9/h2-8,10-11H,1H3. The summed E-state index contributed by atoms with van der Waals surface area (Å²) in [6.45, 7) is 0. The summed E-state index contributed by atoms with van der Waals surface area (Å²) >= 11 is 0. The molecule has 2 rings (SSSR count). The van der Waals surface area contributed by atoms with E-state index in [-0.39, 0.29) is 0 Å². The number of hydrogen-bond acceptors (Lipinski definition) is 2. The van der Waals surface area contributed by atoms with Gasteiger partial charge in [0.15, 0.2) is 0 Å². The summed E-state index contributed by atoms with van der Waals surface area (Å²) in [5.74, 6) is 0. The zero-order valence-electron chi connectivity index (χ0n) is 7.07. The highest BCUT2D eigenvalue weighted by Gasteiger charge is 2.15. The van der Waals surface area contributed by atoms with Gasteiger partial charge in [0.05, 0.1) is 0 Å². The molecule has 0 aliphatic carbocycles. The van der Waals surface area contributed by atoms with E-state index in [0.29, 0.717) is 6.17 Å². The minimum absolute atomic E-state index is 0.311. The Morgan fingerprint density at radius 2 is 2.00 bits per heavy atom. The summed E-state index contributed by atoms with van der Waals surface area (Å²) in [6.07, 6.45) is 4.32. The maximum absolute atomic E-state index is 3.27. The van der Waals surface area contributed by atoms with Crippen LogP contribution < -0.4 is 5.32 Å². The van der Waals surface area contributed by atoms with E-state index in [4.69, 9.17) is 0 Å². The monoisotopic (exact) mass is 160 g/mol. The fourth-order valence-electron chi connectivity index (χ4n) is 1.42. The van der Waals surface area contributed by atoms with Gasteiger partial charge in [-0.2, -0.15) is 0 Å². The van der Waals surface area contributed by atoms with Gasteiger partial charge in [-0.15, -0.1) is 0 Å². The van der Waals surface area contributed by atoms with Crippen LogP contribution in [0.3, 0.4) is 0 Å². The maximum Gasteiger partial charge on any atom is 0.124 e. The fourth-order valence-corrected chi connectivity index (χ4v) is 1.42. The molecule has 1 atom stereocenters. The van der Waals surface area contributed by atoms with Crippen LogP contribution in [0.2, 0.25) is 0 Å². The third-order valence-electron chi connectivity index (χ3n) is 2.09. The predicted molar refractivity (Wildman–Crippen MR) is 49.2 cm³/mol. The lowest BCUT2D eigenvalue weighted by molar-refractivity contribution is 0.340. The van der Waals surface area contributed by atoms with E-state index in [1.54, 1.807) is 0 Å². The SMILES string of the molecule is CN1C=CNC1c1ccccc1. The Labute approximate surface area is 72.5 Å². The van der Waals surface area contributed by atoms with Crippen molar-refractivity contribution in [2.24, 2.45) is 0 Å². The maximum atomic E-state index is 3.27.